The molecule has 2 atom stereocenters. The van der Waals surface area contributed by atoms with Gasteiger partial charge in [-0.15, -0.1) is 0 Å². The molecular weight excluding hydrogens is 384 g/mol. The molecule has 5 nitrogen and oxygen atoms in total. The summed E-state index contributed by atoms with van der Waals surface area (Å²) in [5, 5.41) is 17.0. The summed E-state index contributed by atoms with van der Waals surface area (Å²) in [6, 6.07) is 28.4. The first-order valence-corrected chi connectivity index (χ1v) is 10.3. The summed E-state index contributed by atoms with van der Waals surface area (Å²) in [6.07, 6.45) is 0.740. The Morgan fingerprint density at radius 3 is 2.26 bits per heavy atom. The Morgan fingerprint density at radius 2 is 1.68 bits per heavy atom. The van der Waals surface area contributed by atoms with E-state index in [1.807, 2.05) is 90.7 Å². The van der Waals surface area contributed by atoms with E-state index in [1.54, 1.807) is 7.11 Å². The molecule has 5 heteroatoms. The summed E-state index contributed by atoms with van der Waals surface area (Å²) in [5.41, 5.74) is 5.21. The largest absolute Gasteiger partial charge is 0.497 e. The van der Waals surface area contributed by atoms with Crippen molar-refractivity contribution in [3.63, 3.8) is 0 Å². The lowest BCUT2D eigenvalue weighted by Crippen LogP contribution is -2.24. The average molecular weight is 411 g/mol. The van der Waals surface area contributed by atoms with Gasteiger partial charge in [-0.3, -0.25) is 5.01 Å². The SMILES string of the molecule is COc1ccc(C2=NN([C@@H](C#N)c3ccc(N(C)C)cc3)[C@@H](c3ccccc3)C2)cc1. The van der Waals surface area contributed by atoms with Gasteiger partial charge in [0.05, 0.1) is 24.9 Å². The number of benzene rings is 3. The van der Waals surface area contributed by atoms with Crippen LogP contribution in [0.4, 0.5) is 5.69 Å². The van der Waals surface area contributed by atoms with Crippen molar-refractivity contribution in [3.05, 3.63) is 95.6 Å². The molecule has 0 fully saturated rings. The number of ether oxygens (including phenoxy) is 1. The maximum absolute atomic E-state index is 10.1. The van der Waals surface area contributed by atoms with Crippen molar-refractivity contribution in [2.45, 2.75) is 18.5 Å². The summed E-state index contributed by atoms with van der Waals surface area (Å²) in [6.45, 7) is 0. The van der Waals surface area contributed by atoms with E-state index < -0.39 is 6.04 Å². The van der Waals surface area contributed by atoms with Crippen LogP contribution in [0.1, 0.15) is 35.2 Å². The van der Waals surface area contributed by atoms with Crippen molar-refractivity contribution in [2.75, 3.05) is 26.1 Å². The molecule has 0 amide bonds. The Balaban J connectivity index is 1.72. The predicted octanol–water partition coefficient (Wildman–Crippen LogP) is 5.18. The molecule has 1 aliphatic heterocycles. The number of methoxy groups -OCH3 is 1. The van der Waals surface area contributed by atoms with E-state index >= 15 is 0 Å². The Labute approximate surface area is 183 Å². The lowest BCUT2D eigenvalue weighted by molar-refractivity contribution is 0.196. The normalized spacial score (nSPS) is 16.4. The minimum absolute atomic E-state index is 0.00326. The minimum Gasteiger partial charge on any atom is -0.497 e. The molecule has 0 saturated heterocycles. The summed E-state index contributed by atoms with van der Waals surface area (Å²) in [4.78, 5) is 2.05. The fraction of sp³-hybridized carbons (Fsp3) is 0.231. The smallest absolute Gasteiger partial charge is 0.159 e. The maximum atomic E-state index is 10.1. The number of nitrogens with zero attached hydrogens (tertiary/aromatic N) is 4. The second-order valence-electron chi connectivity index (χ2n) is 7.80. The molecule has 0 N–H and O–H groups in total. The van der Waals surface area contributed by atoms with E-state index in [1.165, 1.54) is 0 Å². The van der Waals surface area contributed by atoms with Crippen LogP contribution in [0.5, 0.6) is 5.75 Å². The van der Waals surface area contributed by atoms with Crippen LogP contribution >= 0.6 is 0 Å². The zero-order chi connectivity index (χ0) is 21.8. The maximum Gasteiger partial charge on any atom is 0.159 e. The Kier molecular flexibility index (Phi) is 5.90. The van der Waals surface area contributed by atoms with Crippen LogP contribution in [-0.4, -0.2) is 31.9 Å². The third-order valence-corrected chi connectivity index (χ3v) is 5.66. The molecule has 1 aliphatic rings. The van der Waals surface area contributed by atoms with Gasteiger partial charge < -0.3 is 9.64 Å². The third-order valence-electron chi connectivity index (χ3n) is 5.66. The van der Waals surface area contributed by atoms with Gasteiger partial charge in [0, 0.05) is 26.2 Å². The number of hydrogen-bond acceptors (Lipinski definition) is 5. The van der Waals surface area contributed by atoms with E-state index in [0.717, 1.165) is 40.3 Å². The van der Waals surface area contributed by atoms with Crippen molar-refractivity contribution >= 4 is 11.4 Å². The summed E-state index contributed by atoms with van der Waals surface area (Å²) in [7, 11) is 5.68. The number of anilines is 1. The lowest BCUT2D eigenvalue weighted by atomic mass is 9.97. The molecule has 0 spiro atoms. The van der Waals surface area contributed by atoms with Crippen LogP contribution < -0.4 is 9.64 Å². The van der Waals surface area contributed by atoms with Gasteiger partial charge in [0.1, 0.15) is 5.75 Å². The van der Waals surface area contributed by atoms with Crippen LogP contribution in [0, 0.1) is 11.3 Å². The van der Waals surface area contributed by atoms with Gasteiger partial charge in [-0.2, -0.15) is 10.4 Å². The molecule has 0 saturated carbocycles. The molecule has 0 bridgehead atoms. The van der Waals surface area contributed by atoms with Crippen LogP contribution in [0.3, 0.4) is 0 Å². The summed E-state index contributed by atoms with van der Waals surface area (Å²) < 4.78 is 5.29. The van der Waals surface area contributed by atoms with Gasteiger partial charge >= 0.3 is 0 Å². The molecule has 31 heavy (non-hydrogen) atoms. The quantitative estimate of drug-likeness (QED) is 0.562. The zero-order valence-corrected chi connectivity index (χ0v) is 18.1. The number of hydrogen-bond donors (Lipinski definition) is 0. The monoisotopic (exact) mass is 410 g/mol. The third kappa shape index (κ3) is 4.24. The highest BCUT2D eigenvalue weighted by Gasteiger charge is 2.34. The van der Waals surface area contributed by atoms with Gasteiger partial charge in [0.2, 0.25) is 0 Å². The second kappa shape index (κ2) is 8.93. The van der Waals surface area contributed by atoms with E-state index in [9.17, 15) is 5.26 Å². The summed E-state index contributed by atoms with van der Waals surface area (Å²) in [5.74, 6) is 0.815. The summed E-state index contributed by atoms with van der Waals surface area (Å²) >= 11 is 0. The van der Waals surface area contributed by atoms with Crippen LogP contribution in [0.25, 0.3) is 0 Å². The van der Waals surface area contributed by atoms with Crippen molar-refractivity contribution in [1.29, 1.82) is 5.26 Å². The molecule has 3 aromatic rings. The van der Waals surface area contributed by atoms with Crippen molar-refractivity contribution in [1.82, 2.24) is 5.01 Å². The fourth-order valence-corrected chi connectivity index (χ4v) is 3.91. The molecule has 156 valence electrons. The number of rotatable bonds is 6. The number of hydrazone groups is 1. The first-order chi connectivity index (χ1) is 15.1. The Hall–Kier alpha value is -3.78. The molecular formula is C26H26N4O. The molecule has 3 aromatic carbocycles. The Morgan fingerprint density at radius 1 is 1.00 bits per heavy atom. The van der Waals surface area contributed by atoms with Gasteiger partial charge in [-0.1, -0.05) is 42.5 Å². The van der Waals surface area contributed by atoms with Gasteiger partial charge in [-0.25, -0.2) is 0 Å². The zero-order valence-electron chi connectivity index (χ0n) is 18.1. The first-order valence-electron chi connectivity index (χ1n) is 10.3. The van der Waals surface area contributed by atoms with Crippen LogP contribution in [-0.2, 0) is 0 Å². The molecule has 0 aliphatic carbocycles. The van der Waals surface area contributed by atoms with Crippen molar-refractivity contribution < 1.29 is 4.74 Å². The topological polar surface area (TPSA) is 51.9 Å². The standard InChI is InChI=1S/C26H26N4O/c1-29(2)22-13-9-21(10-14-22)26(18-27)30-25(20-7-5-4-6-8-20)17-24(28-30)19-11-15-23(31-3)16-12-19/h4-16,25-26H,17H2,1-3H3/t25-,26+/m1/s1. The highest BCUT2D eigenvalue weighted by atomic mass is 16.5. The van der Waals surface area contributed by atoms with E-state index in [2.05, 4.69) is 18.2 Å². The highest BCUT2D eigenvalue weighted by molar-refractivity contribution is 6.02. The van der Waals surface area contributed by atoms with E-state index in [-0.39, 0.29) is 6.04 Å². The molecule has 4 rings (SSSR count). The molecule has 1 heterocycles. The Bertz CT molecular complexity index is 1080. The lowest BCUT2D eigenvalue weighted by Gasteiger charge is -2.28. The van der Waals surface area contributed by atoms with Crippen molar-refractivity contribution in [3.8, 4) is 11.8 Å². The van der Waals surface area contributed by atoms with Crippen molar-refractivity contribution in [2.24, 2.45) is 5.10 Å². The molecule has 0 unspecified atom stereocenters. The fourth-order valence-electron chi connectivity index (χ4n) is 3.91. The highest BCUT2D eigenvalue weighted by Crippen LogP contribution is 2.39. The minimum atomic E-state index is -0.475. The predicted molar refractivity (Wildman–Crippen MR) is 124 cm³/mol. The van der Waals surface area contributed by atoms with Crippen LogP contribution in [0.2, 0.25) is 0 Å². The second-order valence-corrected chi connectivity index (χ2v) is 7.80. The van der Waals surface area contributed by atoms with Gasteiger partial charge in [-0.05, 0) is 53.1 Å². The average Bonchev–Trinajstić information content (AvgIpc) is 3.25. The molecule has 0 aromatic heterocycles. The van der Waals surface area contributed by atoms with E-state index in [0.29, 0.717) is 0 Å². The van der Waals surface area contributed by atoms with Gasteiger partial charge in [0.25, 0.3) is 0 Å². The first kappa shape index (κ1) is 20.5. The molecule has 0 radical (unpaired) electrons. The van der Waals surface area contributed by atoms with Gasteiger partial charge in [0.15, 0.2) is 6.04 Å². The van der Waals surface area contributed by atoms with Crippen LogP contribution in [0.15, 0.2) is 84.0 Å². The van der Waals surface area contributed by atoms with E-state index in [4.69, 9.17) is 9.84 Å². The number of nitriles is 1.